The summed E-state index contributed by atoms with van der Waals surface area (Å²) in [7, 11) is -5.75. The Morgan fingerprint density at radius 3 is 2.57 bits per heavy atom. The maximum Gasteiger partial charge on any atom is 0.501 e. The molecule has 0 saturated carbocycles. The van der Waals surface area contributed by atoms with E-state index in [2.05, 4.69) is 15.0 Å². The first-order chi connectivity index (χ1) is 13.1. The van der Waals surface area contributed by atoms with E-state index >= 15 is 0 Å². The fraction of sp³-hybridized carbons (Fsp3) is 0.0625. The van der Waals surface area contributed by atoms with Crippen LogP contribution >= 0.6 is 0 Å². The molecule has 0 fully saturated rings. The molecule has 0 spiro atoms. The summed E-state index contributed by atoms with van der Waals surface area (Å²) < 4.78 is 81.3. The molecule has 0 amide bonds. The van der Waals surface area contributed by atoms with E-state index in [1.54, 1.807) is 6.07 Å². The second kappa shape index (κ2) is 6.51. The summed E-state index contributed by atoms with van der Waals surface area (Å²) in [6.45, 7) is 7.09. The number of nitriles is 1. The zero-order valence-electron chi connectivity index (χ0n) is 13.4. The van der Waals surface area contributed by atoms with Crippen LogP contribution in [0.5, 0.6) is 11.5 Å². The summed E-state index contributed by atoms with van der Waals surface area (Å²) in [6.07, 6.45) is 0. The number of aromatic nitrogens is 2. The Morgan fingerprint density at radius 2 is 1.96 bits per heavy atom. The number of halogens is 4. The quantitative estimate of drug-likeness (QED) is 0.515. The van der Waals surface area contributed by atoms with E-state index in [1.165, 1.54) is 0 Å². The third-order valence-electron chi connectivity index (χ3n) is 3.55. The highest BCUT2D eigenvalue weighted by Crippen LogP contribution is 2.41. The Bertz CT molecular complexity index is 1280. The highest BCUT2D eigenvalue weighted by atomic mass is 32.2. The van der Waals surface area contributed by atoms with Crippen LogP contribution in [0.25, 0.3) is 15.7 Å². The smallest absolute Gasteiger partial charge is 0.458 e. The number of rotatable bonds is 3. The van der Waals surface area contributed by atoms with Crippen LogP contribution in [0.1, 0.15) is 5.56 Å². The van der Waals surface area contributed by atoms with Crippen molar-refractivity contribution in [1.29, 1.82) is 5.26 Å². The van der Waals surface area contributed by atoms with Crippen molar-refractivity contribution in [2.75, 3.05) is 0 Å². The third kappa shape index (κ3) is 3.10. The van der Waals surface area contributed by atoms with E-state index in [4.69, 9.17) is 16.6 Å². The number of ether oxygens (including phenoxy) is 1. The van der Waals surface area contributed by atoms with Crippen LogP contribution in [0.4, 0.5) is 23.4 Å². The van der Waals surface area contributed by atoms with Crippen LogP contribution < -0.4 is 4.74 Å². The molecule has 0 radical (unpaired) electrons. The monoisotopic (exact) mass is 410 g/mol. The molecule has 0 bridgehead atoms. The average Bonchev–Trinajstić information content (AvgIpc) is 3.04. The highest BCUT2D eigenvalue weighted by Gasteiger charge is 2.48. The standard InChI is InChI=1S/C16H6F4N4O3S/c1-22-15-13-11(27-10-5-8(7-21)4-9(17)6-10)2-3-12(14(13)23-24-15)28(25,26)16(18,19)20/h2-6H,(H,23,24). The molecular weight excluding hydrogens is 404 g/mol. The van der Waals surface area contributed by atoms with Gasteiger partial charge in [-0.05, 0) is 24.3 Å². The zero-order chi connectivity index (χ0) is 20.7. The summed E-state index contributed by atoms with van der Waals surface area (Å²) in [5.74, 6) is -1.60. The van der Waals surface area contributed by atoms with E-state index in [0.717, 1.165) is 24.3 Å². The first-order valence-electron chi connectivity index (χ1n) is 7.17. The van der Waals surface area contributed by atoms with Crippen molar-refractivity contribution >= 4 is 26.6 Å². The van der Waals surface area contributed by atoms with Gasteiger partial charge in [-0.2, -0.15) is 18.4 Å². The lowest BCUT2D eigenvalue weighted by atomic mass is 10.2. The molecule has 0 aliphatic heterocycles. The van der Waals surface area contributed by atoms with Gasteiger partial charge in [-0.15, -0.1) is 5.10 Å². The van der Waals surface area contributed by atoms with Gasteiger partial charge in [-0.3, -0.25) is 0 Å². The van der Waals surface area contributed by atoms with Crippen molar-refractivity contribution in [1.82, 2.24) is 10.2 Å². The molecule has 3 aromatic rings. The molecule has 1 heterocycles. The van der Waals surface area contributed by atoms with Gasteiger partial charge in [-0.1, -0.05) is 6.57 Å². The van der Waals surface area contributed by atoms with Gasteiger partial charge in [0, 0.05) is 6.07 Å². The van der Waals surface area contributed by atoms with Gasteiger partial charge in [0.05, 0.1) is 17.0 Å². The Morgan fingerprint density at radius 1 is 1.25 bits per heavy atom. The summed E-state index contributed by atoms with van der Waals surface area (Å²) in [6, 6.07) is 6.22. The lowest BCUT2D eigenvalue weighted by molar-refractivity contribution is -0.0435. The van der Waals surface area contributed by atoms with Crippen LogP contribution in [-0.4, -0.2) is 24.1 Å². The van der Waals surface area contributed by atoms with Crippen LogP contribution in [0.15, 0.2) is 35.2 Å². The van der Waals surface area contributed by atoms with Gasteiger partial charge in [0.2, 0.25) is 0 Å². The summed E-state index contributed by atoms with van der Waals surface area (Å²) in [5.41, 5.74) is -6.32. The first-order valence-corrected chi connectivity index (χ1v) is 8.65. The number of fused-ring (bicyclic) bond motifs is 1. The Kier molecular flexibility index (Phi) is 4.45. The molecular formula is C16H6F4N4O3S. The highest BCUT2D eigenvalue weighted by molar-refractivity contribution is 7.92. The van der Waals surface area contributed by atoms with Crippen molar-refractivity contribution in [2.24, 2.45) is 0 Å². The Hall–Kier alpha value is -3.64. The Labute approximate surface area is 154 Å². The minimum Gasteiger partial charge on any atom is -0.458 e. The topological polar surface area (TPSA) is 100 Å². The predicted molar refractivity (Wildman–Crippen MR) is 86.8 cm³/mol. The fourth-order valence-electron chi connectivity index (χ4n) is 2.38. The van der Waals surface area contributed by atoms with Gasteiger partial charge in [-0.25, -0.2) is 17.9 Å². The van der Waals surface area contributed by atoms with Crippen LogP contribution in [0.3, 0.4) is 0 Å². The molecule has 142 valence electrons. The molecule has 0 aliphatic carbocycles. The van der Waals surface area contributed by atoms with Crippen molar-refractivity contribution < 1.29 is 30.7 Å². The maximum absolute atomic E-state index is 13.6. The number of hydrogen-bond donors (Lipinski definition) is 1. The molecule has 2 aromatic carbocycles. The molecule has 0 saturated heterocycles. The number of benzene rings is 2. The summed E-state index contributed by atoms with van der Waals surface area (Å²) >= 11 is 0. The molecule has 0 unspecified atom stereocenters. The van der Waals surface area contributed by atoms with E-state index < -0.39 is 31.6 Å². The normalized spacial score (nSPS) is 11.8. The Balaban J connectivity index is 2.23. The number of sulfone groups is 1. The van der Waals surface area contributed by atoms with E-state index in [-0.39, 0.29) is 28.3 Å². The molecule has 0 aliphatic rings. The number of nitrogens with zero attached hydrogens (tertiary/aromatic N) is 3. The second-order valence-corrected chi connectivity index (χ2v) is 7.22. The predicted octanol–water partition coefficient (Wildman–Crippen LogP) is 4.21. The number of H-pyrrole nitrogens is 1. The molecule has 1 N–H and O–H groups in total. The number of hydrogen-bond acceptors (Lipinski definition) is 5. The van der Waals surface area contributed by atoms with E-state index in [9.17, 15) is 26.0 Å². The number of nitrogens with one attached hydrogen (secondary N) is 1. The minimum absolute atomic E-state index is 0.0832. The molecule has 7 nitrogen and oxygen atoms in total. The van der Waals surface area contributed by atoms with Gasteiger partial charge in [0.25, 0.3) is 15.7 Å². The lowest BCUT2D eigenvalue weighted by Gasteiger charge is -2.12. The van der Waals surface area contributed by atoms with Crippen LogP contribution in [0.2, 0.25) is 0 Å². The van der Waals surface area contributed by atoms with Gasteiger partial charge in [0.15, 0.2) is 0 Å². The molecule has 3 rings (SSSR count). The fourth-order valence-corrected chi connectivity index (χ4v) is 3.28. The van der Waals surface area contributed by atoms with Crippen molar-refractivity contribution in [2.45, 2.75) is 10.4 Å². The lowest BCUT2D eigenvalue weighted by Crippen LogP contribution is -2.23. The van der Waals surface area contributed by atoms with E-state index in [0.29, 0.717) is 6.07 Å². The van der Waals surface area contributed by atoms with Crippen molar-refractivity contribution in [3.05, 3.63) is 53.1 Å². The third-order valence-corrected chi connectivity index (χ3v) is 5.07. The molecule has 1 aromatic heterocycles. The van der Waals surface area contributed by atoms with E-state index in [1.807, 2.05) is 0 Å². The average molecular weight is 410 g/mol. The van der Waals surface area contributed by atoms with Gasteiger partial charge >= 0.3 is 5.51 Å². The summed E-state index contributed by atoms with van der Waals surface area (Å²) in [4.78, 5) is 1.89. The first kappa shape index (κ1) is 19.1. The molecule has 12 heteroatoms. The van der Waals surface area contributed by atoms with Crippen LogP contribution in [-0.2, 0) is 9.84 Å². The SMILES string of the molecule is [C-]#[N+]c1[nH]nc2c(S(=O)(=O)C(F)(F)F)ccc(Oc3cc(F)cc(C#N)c3)c12. The van der Waals surface area contributed by atoms with Crippen LogP contribution in [0, 0.1) is 23.7 Å². The van der Waals surface area contributed by atoms with Crippen molar-refractivity contribution in [3.8, 4) is 17.6 Å². The number of alkyl halides is 3. The zero-order valence-corrected chi connectivity index (χ0v) is 14.2. The molecule has 0 atom stereocenters. The maximum atomic E-state index is 13.6. The van der Waals surface area contributed by atoms with Crippen molar-refractivity contribution in [3.63, 3.8) is 0 Å². The van der Waals surface area contributed by atoms with Gasteiger partial charge < -0.3 is 9.58 Å². The second-order valence-electron chi connectivity index (χ2n) is 5.31. The minimum atomic E-state index is -5.75. The largest absolute Gasteiger partial charge is 0.501 e. The van der Waals surface area contributed by atoms with Gasteiger partial charge in [0.1, 0.15) is 27.7 Å². The molecule has 28 heavy (non-hydrogen) atoms. The summed E-state index contributed by atoms with van der Waals surface area (Å²) in [5, 5.41) is 14.2. The number of aromatic amines is 1.